The number of carbonyl (C=O) groups is 1. The zero-order valence-electron chi connectivity index (χ0n) is 12.4. The first-order valence-corrected chi connectivity index (χ1v) is 7.41. The molecule has 1 N–H and O–H groups in total. The summed E-state index contributed by atoms with van der Waals surface area (Å²) >= 11 is 0. The Bertz CT molecular complexity index is 322. The number of likely N-dealkylation sites (N-methyl/N-ethyl adjacent to an activating group) is 1. The molecule has 2 heterocycles. The van der Waals surface area contributed by atoms with Gasteiger partial charge in [0.1, 0.15) is 5.54 Å². The van der Waals surface area contributed by atoms with Gasteiger partial charge in [-0.05, 0) is 46.8 Å². The van der Waals surface area contributed by atoms with Crippen LogP contribution in [0.1, 0.15) is 26.2 Å². The first-order valence-electron chi connectivity index (χ1n) is 7.41. The third-order valence-corrected chi connectivity index (χ3v) is 4.37. The Hall–Kier alpha value is -0.650. The van der Waals surface area contributed by atoms with Gasteiger partial charge in [-0.2, -0.15) is 0 Å². The minimum absolute atomic E-state index is 0.0526. The van der Waals surface area contributed by atoms with Crippen molar-refractivity contribution in [3.05, 3.63) is 0 Å². The second-order valence-corrected chi connectivity index (χ2v) is 5.87. The summed E-state index contributed by atoms with van der Waals surface area (Å²) in [5.41, 5.74) is -0.470. The molecule has 2 atom stereocenters. The molecule has 0 aromatic rings. The van der Waals surface area contributed by atoms with Gasteiger partial charge in [-0.3, -0.25) is 10.2 Å². The molecule has 2 aliphatic heterocycles. The van der Waals surface area contributed by atoms with E-state index in [-0.39, 0.29) is 5.97 Å². The zero-order valence-corrected chi connectivity index (χ0v) is 12.4. The standard InChI is InChI=1S/C14H27N3O2/c1-4-19-13(18)14(15-8-11-16(2)3)7-10-17-9-5-6-12(14)17/h12,15H,4-11H2,1-3H3. The molecule has 2 unspecified atom stereocenters. The van der Waals surface area contributed by atoms with Crippen molar-refractivity contribution in [2.24, 2.45) is 0 Å². The minimum atomic E-state index is -0.470. The lowest BCUT2D eigenvalue weighted by Crippen LogP contribution is -2.60. The Balaban J connectivity index is 2.07. The fourth-order valence-electron chi connectivity index (χ4n) is 3.42. The van der Waals surface area contributed by atoms with E-state index < -0.39 is 5.54 Å². The normalized spacial score (nSPS) is 30.8. The van der Waals surface area contributed by atoms with Crippen molar-refractivity contribution in [1.29, 1.82) is 0 Å². The quantitative estimate of drug-likeness (QED) is 0.703. The molecule has 0 aliphatic carbocycles. The number of fused-ring (bicyclic) bond motifs is 1. The van der Waals surface area contributed by atoms with Crippen LogP contribution in [0.25, 0.3) is 0 Å². The molecular formula is C14H27N3O2. The number of hydrogen-bond acceptors (Lipinski definition) is 5. The first kappa shape index (κ1) is 14.8. The molecule has 2 rings (SSSR count). The number of nitrogens with zero attached hydrogens (tertiary/aromatic N) is 2. The van der Waals surface area contributed by atoms with Crippen LogP contribution in [-0.2, 0) is 9.53 Å². The van der Waals surface area contributed by atoms with E-state index in [4.69, 9.17) is 4.74 Å². The van der Waals surface area contributed by atoms with Crippen molar-refractivity contribution in [2.45, 2.75) is 37.8 Å². The van der Waals surface area contributed by atoms with E-state index in [2.05, 4.69) is 29.2 Å². The van der Waals surface area contributed by atoms with Gasteiger partial charge >= 0.3 is 5.97 Å². The Kier molecular flexibility index (Phi) is 4.81. The molecule has 0 aromatic carbocycles. The highest BCUT2D eigenvalue weighted by atomic mass is 16.5. The van der Waals surface area contributed by atoms with Crippen LogP contribution in [-0.4, -0.2) is 74.2 Å². The van der Waals surface area contributed by atoms with E-state index in [1.165, 1.54) is 6.42 Å². The molecule has 2 aliphatic rings. The van der Waals surface area contributed by atoms with Crippen LogP contribution in [0.4, 0.5) is 0 Å². The summed E-state index contributed by atoms with van der Waals surface area (Å²) in [5, 5.41) is 3.52. The van der Waals surface area contributed by atoms with Crippen LogP contribution in [0.2, 0.25) is 0 Å². The van der Waals surface area contributed by atoms with Crippen molar-refractivity contribution in [2.75, 3.05) is 46.9 Å². The van der Waals surface area contributed by atoms with Crippen molar-refractivity contribution in [3.63, 3.8) is 0 Å². The fraction of sp³-hybridized carbons (Fsp3) is 0.929. The topological polar surface area (TPSA) is 44.8 Å². The van der Waals surface area contributed by atoms with E-state index in [0.717, 1.165) is 39.0 Å². The van der Waals surface area contributed by atoms with E-state index in [1.54, 1.807) is 0 Å². The van der Waals surface area contributed by atoms with Crippen molar-refractivity contribution < 1.29 is 9.53 Å². The van der Waals surface area contributed by atoms with Crippen LogP contribution < -0.4 is 5.32 Å². The van der Waals surface area contributed by atoms with Gasteiger partial charge in [0.25, 0.3) is 0 Å². The average Bonchev–Trinajstić information content (AvgIpc) is 2.92. The lowest BCUT2D eigenvalue weighted by atomic mass is 9.88. The third-order valence-electron chi connectivity index (χ3n) is 4.37. The molecule has 5 heteroatoms. The maximum Gasteiger partial charge on any atom is 0.328 e. The molecule has 0 spiro atoms. The van der Waals surface area contributed by atoms with Crippen molar-refractivity contribution >= 4 is 5.97 Å². The summed E-state index contributed by atoms with van der Waals surface area (Å²) in [6, 6.07) is 0.328. The number of carbonyl (C=O) groups excluding carboxylic acids is 1. The Morgan fingerprint density at radius 2 is 2.26 bits per heavy atom. The number of nitrogens with one attached hydrogen (secondary N) is 1. The molecule has 5 nitrogen and oxygen atoms in total. The Morgan fingerprint density at radius 1 is 1.47 bits per heavy atom. The number of ether oxygens (including phenoxy) is 1. The predicted molar refractivity (Wildman–Crippen MR) is 75.1 cm³/mol. The van der Waals surface area contributed by atoms with Gasteiger partial charge in [0, 0.05) is 25.7 Å². The predicted octanol–water partition coefficient (Wildman–Crippen LogP) is 0.308. The fourth-order valence-corrected chi connectivity index (χ4v) is 3.42. The lowest BCUT2D eigenvalue weighted by Gasteiger charge is -2.34. The molecule has 0 aromatic heterocycles. The maximum atomic E-state index is 12.5. The average molecular weight is 269 g/mol. The molecule has 2 fully saturated rings. The van der Waals surface area contributed by atoms with E-state index >= 15 is 0 Å². The Morgan fingerprint density at radius 3 is 2.95 bits per heavy atom. The molecule has 0 saturated carbocycles. The van der Waals surface area contributed by atoms with Gasteiger partial charge < -0.3 is 9.64 Å². The second kappa shape index (κ2) is 6.20. The summed E-state index contributed by atoms with van der Waals surface area (Å²) < 4.78 is 5.35. The van der Waals surface area contributed by atoms with E-state index in [1.807, 2.05) is 6.92 Å². The highest BCUT2D eigenvalue weighted by Gasteiger charge is 2.54. The highest BCUT2D eigenvalue weighted by molar-refractivity contribution is 5.82. The summed E-state index contributed by atoms with van der Waals surface area (Å²) in [6.07, 6.45) is 3.18. The lowest BCUT2D eigenvalue weighted by molar-refractivity contribution is -0.152. The van der Waals surface area contributed by atoms with Crippen LogP contribution in [0.5, 0.6) is 0 Å². The first-order chi connectivity index (χ1) is 9.10. The van der Waals surface area contributed by atoms with Gasteiger partial charge in [0.2, 0.25) is 0 Å². The zero-order chi connectivity index (χ0) is 13.9. The molecule has 19 heavy (non-hydrogen) atoms. The van der Waals surface area contributed by atoms with E-state index in [0.29, 0.717) is 12.6 Å². The molecule has 0 radical (unpaired) electrons. The smallest absolute Gasteiger partial charge is 0.328 e. The van der Waals surface area contributed by atoms with Crippen molar-refractivity contribution in [1.82, 2.24) is 15.1 Å². The second-order valence-electron chi connectivity index (χ2n) is 5.87. The number of esters is 1. The summed E-state index contributed by atoms with van der Waals surface area (Å²) in [6.45, 7) is 6.25. The summed E-state index contributed by atoms with van der Waals surface area (Å²) in [5.74, 6) is -0.0526. The van der Waals surface area contributed by atoms with Gasteiger partial charge in [0.15, 0.2) is 0 Å². The van der Waals surface area contributed by atoms with Crippen LogP contribution in [0.15, 0.2) is 0 Å². The van der Waals surface area contributed by atoms with Gasteiger partial charge in [-0.15, -0.1) is 0 Å². The number of hydrogen-bond donors (Lipinski definition) is 1. The molecule has 2 saturated heterocycles. The van der Waals surface area contributed by atoms with Gasteiger partial charge in [-0.1, -0.05) is 0 Å². The van der Waals surface area contributed by atoms with Crippen LogP contribution in [0.3, 0.4) is 0 Å². The highest BCUT2D eigenvalue weighted by Crippen LogP contribution is 2.36. The largest absolute Gasteiger partial charge is 0.465 e. The molecule has 110 valence electrons. The monoisotopic (exact) mass is 269 g/mol. The molecule has 0 bridgehead atoms. The van der Waals surface area contributed by atoms with Crippen LogP contribution >= 0.6 is 0 Å². The summed E-state index contributed by atoms with van der Waals surface area (Å²) in [4.78, 5) is 17.0. The molecular weight excluding hydrogens is 242 g/mol. The van der Waals surface area contributed by atoms with E-state index in [9.17, 15) is 4.79 Å². The minimum Gasteiger partial charge on any atom is -0.465 e. The molecule has 0 amide bonds. The van der Waals surface area contributed by atoms with Gasteiger partial charge in [-0.25, -0.2) is 4.79 Å². The summed E-state index contributed by atoms with van der Waals surface area (Å²) in [7, 11) is 4.10. The number of rotatable bonds is 6. The Labute approximate surface area is 116 Å². The maximum absolute atomic E-state index is 12.5. The third kappa shape index (κ3) is 2.93. The van der Waals surface area contributed by atoms with Gasteiger partial charge in [0.05, 0.1) is 6.61 Å². The van der Waals surface area contributed by atoms with Crippen LogP contribution in [0, 0.1) is 0 Å². The van der Waals surface area contributed by atoms with Crippen molar-refractivity contribution in [3.8, 4) is 0 Å². The SMILES string of the molecule is CCOC(=O)C1(NCCN(C)C)CCN2CCCC21.